The maximum Gasteiger partial charge on any atom is 0.374 e. The van der Waals surface area contributed by atoms with Crippen molar-refractivity contribution in [2.45, 2.75) is 27.7 Å². The highest BCUT2D eigenvalue weighted by atomic mass is 32.1. The number of nitriles is 1. The van der Waals surface area contributed by atoms with Crippen LogP contribution in [-0.2, 0) is 4.65 Å². The van der Waals surface area contributed by atoms with Crippen molar-refractivity contribution in [3.8, 4) is 6.07 Å². The van der Waals surface area contributed by atoms with Gasteiger partial charge in [-0.05, 0) is 20.8 Å². The molecule has 0 amide bonds. The van der Waals surface area contributed by atoms with Gasteiger partial charge in [0.2, 0.25) is 0 Å². The average Bonchev–Trinajstić information content (AvgIpc) is 2.88. The van der Waals surface area contributed by atoms with Gasteiger partial charge in [0, 0.05) is 6.92 Å². The lowest BCUT2D eigenvalue weighted by Crippen LogP contribution is -1.95. The Morgan fingerprint density at radius 1 is 1.25 bits per heavy atom. The van der Waals surface area contributed by atoms with Crippen LogP contribution in [0.3, 0.4) is 0 Å². The van der Waals surface area contributed by atoms with Crippen LogP contribution in [0.4, 0.5) is 0 Å². The molecule has 20 heavy (non-hydrogen) atoms. The third-order valence-electron chi connectivity index (χ3n) is 2.70. The highest BCUT2D eigenvalue weighted by molar-refractivity contribution is 7.13. The van der Waals surface area contributed by atoms with E-state index >= 15 is 0 Å². The van der Waals surface area contributed by atoms with Crippen LogP contribution in [-0.4, -0.2) is 18.0 Å². The summed E-state index contributed by atoms with van der Waals surface area (Å²) in [5.74, 6) is 1.03. The predicted octanol–water partition coefficient (Wildman–Crippen LogP) is 2.86. The molecule has 0 aromatic carbocycles. The lowest BCUT2D eigenvalue weighted by atomic mass is 10.1. The van der Waals surface area contributed by atoms with Crippen LogP contribution >= 0.6 is 11.3 Å². The monoisotopic (exact) mass is 285 g/mol. The minimum atomic E-state index is 0.178. The molecule has 0 bridgehead atoms. The number of allylic oxidation sites excluding steroid dienone is 1. The summed E-state index contributed by atoms with van der Waals surface area (Å²) in [6.45, 7) is 7.20. The first kappa shape index (κ1) is 14.3. The van der Waals surface area contributed by atoms with Gasteiger partial charge in [-0.3, -0.25) is 0 Å². The molecule has 2 radical (unpaired) electrons. The first-order valence-corrected chi connectivity index (χ1v) is 6.69. The van der Waals surface area contributed by atoms with Crippen molar-refractivity contribution in [1.29, 1.82) is 5.26 Å². The topological polar surface area (TPSA) is 71.9 Å². The summed E-state index contributed by atoms with van der Waals surface area (Å²) >= 11 is 1.41. The molecule has 100 valence electrons. The maximum atomic E-state index is 9.45. The molecular formula is C13H12BN3O2S. The van der Waals surface area contributed by atoms with Gasteiger partial charge in [0.05, 0.1) is 21.3 Å². The van der Waals surface area contributed by atoms with Crippen LogP contribution in [0.5, 0.6) is 0 Å². The Morgan fingerprint density at radius 2 is 1.95 bits per heavy atom. The third kappa shape index (κ3) is 2.47. The van der Waals surface area contributed by atoms with Crippen molar-refractivity contribution < 1.29 is 9.07 Å². The van der Waals surface area contributed by atoms with Crippen LogP contribution in [0.1, 0.15) is 32.9 Å². The molecule has 7 heteroatoms. The summed E-state index contributed by atoms with van der Waals surface area (Å²) in [6.07, 6.45) is 0. The largest absolute Gasteiger partial charge is 0.564 e. The summed E-state index contributed by atoms with van der Waals surface area (Å²) in [7, 11) is 5.34. The zero-order valence-corrected chi connectivity index (χ0v) is 12.5. The molecule has 0 aliphatic heterocycles. The molecule has 0 unspecified atom stereocenters. The van der Waals surface area contributed by atoms with Gasteiger partial charge in [0.25, 0.3) is 0 Å². The molecule has 2 heterocycles. The summed E-state index contributed by atoms with van der Waals surface area (Å²) in [5, 5.41) is 10.3. The van der Waals surface area contributed by atoms with E-state index in [4.69, 9.17) is 17.1 Å². The van der Waals surface area contributed by atoms with E-state index in [1.54, 1.807) is 13.8 Å². The first-order chi connectivity index (χ1) is 9.47. The quantitative estimate of drug-likeness (QED) is 0.492. The van der Waals surface area contributed by atoms with Crippen molar-refractivity contribution in [3.63, 3.8) is 0 Å². The zero-order chi connectivity index (χ0) is 14.9. The van der Waals surface area contributed by atoms with E-state index in [9.17, 15) is 5.26 Å². The van der Waals surface area contributed by atoms with Gasteiger partial charge < -0.3 is 9.07 Å². The van der Waals surface area contributed by atoms with E-state index < -0.39 is 0 Å². The van der Waals surface area contributed by atoms with E-state index in [0.717, 1.165) is 15.6 Å². The second-order valence-corrected chi connectivity index (χ2v) is 5.43. The number of oxazole rings is 1. The Kier molecular flexibility index (Phi) is 3.95. The Labute approximate surface area is 122 Å². The molecule has 0 N–H and O–H groups in total. The number of thiazole rings is 1. The summed E-state index contributed by atoms with van der Waals surface area (Å²) in [4.78, 5) is 9.19. The average molecular weight is 285 g/mol. The number of aryl methyl sites for hydroxylation is 4. The summed E-state index contributed by atoms with van der Waals surface area (Å²) in [5.41, 5.74) is 1.68. The highest BCUT2D eigenvalue weighted by Gasteiger charge is 2.21. The minimum absolute atomic E-state index is 0.178. The predicted molar refractivity (Wildman–Crippen MR) is 76.8 cm³/mol. The number of rotatable bonds is 3. The SMILES string of the molecule is [B]OC(=C(C#N)c1sc(C)nc1C)c1oc(C)nc1C. The molecule has 2 aromatic heterocycles. The Balaban J connectivity index is 2.69. The Morgan fingerprint density at radius 3 is 2.35 bits per heavy atom. The third-order valence-corrected chi connectivity index (χ3v) is 3.79. The van der Waals surface area contributed by atoms with Gasteiger partial charge in [-0.1, -0.05) is 0 Å². The van der Waals surface area contributed by atoms with E-state index in [2.05, 4.69) is 16.0 Å². The second kappa shape index (κ2) is 5.51. The number of hydrogen-bond acceptors (Lipinski definition) is 6. The van der Waals surface area contributed by atoms with Gasteiger partial charge in [-0.25, -0.2) is 9.97 Å². The van der Waals surface area contributed by atoms with Gasteiger partial charge in [-0.15, -0.1) is 11.3 Å². The minimum Gasteiger partial charge on any atom is -0.564 e. The van der Waals surface area contributed by atoms with Crippen molar-refractivity contribution in [3.05, 3.63) is 32.9 Å². The smallest absolute Gasteiger partial charge is 0.374 e. The van der Waals surface area contributed by atoms with Gasteiger partial charge in [0.15, 0.2) is 17.4 Å². The Bertz CT molecular complexity index is 725. The molecule has 0 aliphatic carbocycles. The van der Waals surface area contributed by atoms with E-state index in [0.29, 0.717) is 22.9 Å². The molecular weight excluding hydrogens is 273 g/mol. The van der Waals surface area contributed by atoms with Gasteiger partial charge in [0.1, 0.15) is 11.6 Å². The molecule has 0 atom stereocenters. The first-order valence-electron chi connectivity index (χ1n) is 5.87. The molecule has 0 aliphatic rings. The van der Waals surface area contributed by atoms with Crippen LogP contribution in [0.25, 0.3) is 11.3 Å². The lowest BCUT2D eigenvalue weighted by molar-refractivity contribution is 0.469. The molecule has 2 aromatic rings. The number of hydrogen-bond donors (Lipinski definition) is 0. The van der Waals surface area contributed by atoms with Crippen LogP contribution in [0.15, 0.2) is 4.42 Å². The fourth-order valence-electron chi connectivity index (χ4n) is 1.94. The fraction of sp³-hybridized carbons (Fsp3) is 0.308. The normalized spacial score (nSPS) is 11.9. The molecule has 0 saturated heterocycles. The van der Waals surface area contributed by atoms with Crippen LogP contribution < -0.4 is 0 Å². The number of nitrogens with zero attached hydrogens (tertiary/aromatic N) is 3. The molecule has 5 nitrogen and oxygen atoms in total. The molecule has 0 spiro atoms. The second-order valence-electron chi connectivity index (χ2n) is 4.23. The standard InChI is InChI=1S/C13H12BN3O2S/c1-6-11(18-8(3)16-6)12(19-14)10(5-15)13-7(2)17-9(4)20-13/h1-4H3. The van der Waals surface area contributed by atoms with Crippen molar-refractivity contribution in [2.24, 2.45) is 0 Å². The van der Waals surface area contributed by atoms with Gasteiger partial charge in [-0.2, -0.15) is 5.26 Å². The lowest BCUT2D eigenvalue weighted by Gasteiger charge is -2.07. The van der Waals surface area contributed by atoms with Crippen molar-refractivity contribution in [2.75, 3.05) is 0 Å². The zero-order valence-electron chi connectivity index (χ0n) is 11.6. The van der Waals surface area contributed by atoms with Crippen molar-refractivity contribution >= 4 is 30.7 Å². The maximum absolute atomic E-state index is 9.45. The molecule has 0 saturated carbocycles. The summed E-state index contributed by atoms with van der Waals surface area (Å²) in [6, 6.07) is 2.12. The Hall–Kier alpha value is -2.07. The van der Waals surface area contributed by atoms with Crippen molar-refractivity contribution in [1.82, 2.24) is 9.97 Å². The summed E-state index contributed by atoms with van der Waals surface area (Å²) < 4.78 is 10.4. The van der Waals surface area contributed by atoms with E-state index in [-0.39, 0.29) is 5.76 Å². The van der Waals surface area contributed by atoms with Gasteiger partial charge >= 0.3 is 8.05 Å². The van der Waals surface area contributed by atoms with E-state index in [1.165, 1.54) is 11.3 Å². The van der Waals surface area contributed by atoms with E-state index in [1.807, 2.05) is 13.8 Å². The molecule has 2 rings (SSSR count). The van der Waals surface area contributed by atoms with Crippen LogP contribution in [0, 0.1) is 39.0 Å². The highest BCUT2D eigenvalue weighted by Crippen LogP contribution is 2.33. The molecule has 0 fully saturated rings. The van der Waals surface area contributed by atoms with Crippen LogP contribution in [0.2, 0.25) is 0 Å². The number of aromatic nitrogens is 2. The fourth-order valence-corrected chi connectivity index (χ4v) is 2.85.